The molecule has 0 N–H and O–H groups in total. The Kier molecular flexibility index (Phi) is 13.8. The zero-order chi connectivity index (χ0) is 26.4. The summed E-state index contributed by atoms with van der Waals surface area (Å²) in [4.78, 5) is 0. The van der Waals surface area contributed by atoms with Crippen molar-refractivity contribution in [2.24, 2.45) is 0 Å². The van der Waals surface area contributed by atoms with Gasteiger partial charge >= 0.3 is 55.4 Å². The van der Waals surface area contributed by atoms with Crippen molar-refractivity contribution in [1.82, 2.24) is 0 Å². The van der Waals surface area contributed by atoms with Crippen molar-refractivity contribution >= 4 is 48.0 Å². The standard InChI is InChI=1S/C28H24O3P.2ClH.2Pd/c1-30-22-18-19-26(28(20-22)31-2)27(29)21-32(23-12-6-3-7-13-23,24-14-8-4-9-15-24)25-16-10-5-11-17-25;;;;/h3-16,18,20-21,29H,1-2H3;2*1H;;/q-1;;;2*+2/p-3/b27-21-;;;;. The maximum absolute atomic E-state index is 13.8. The normalized spacial score (nSPS) is 10.8. The molecule has 0 aliphatic rings. The molecule has 36 heavy (non-hydrogen) atoms. The monoisotopic (exact) mass is 720 g/mol. The molecule has 0 spiro atoms. The van der Waals surface area contributed by atoms with Crippen LogP contribution in [0.3, 0.4) is 0 Å². The van der Waals surface area contributed by atoms with Gasteiger partial charge in [0, 0.05) is 17.3 Å². The van der Waals surface area contributed by atoms with Crippen molar-refractivity contribution in [3.8, 4) is 11.5 Å². The quantitative estimate of drug-likeness (QED) is 0.112. The van der Waals surface area contributed by atoms with Crippen LogP contribution < -0.4 is 30.5 Å². The first kappa shape index (κ1) is 30.6. The Labute approximate surface area is 243 Å². The second-order valence-corrected chi connectivity index (χ2v) is 10.3. The minimum atomic E-state index is -2.46. The van der Waals surface area contributed by atoms with Crippen LogP contribution in [0.5, 0.6) is 11.5 Å². The van der Waals surface area contributed by atoms with Crippen LogP contribution in [-0.4, -0.2) is 14.2 Å². The molecule has 4 rings (SSSR count). The number of ether oxygens (including phenoxy) is 2. The average Bonchev–Trinajstić information content (AvgIpc) is 2.99. The summed E-state index contributed by atoms with van der Waals surface area (Å²) in [5.41, 5.74) is 0.375. The van der Waals surface area contributed by atoms with Crippen LogP contribution in [0.15, 0.2) is 103 Å². The Morgan fingerprint density at radius 2 is 1.36 bits per heavy atom. The summed E-state index contributed by atoms with van der Waals surface area (Å²) in [7, 11) is 9.63. The summed E-state index contributed by atoms with van der Waals surface area (Å²) in [6.07, 6.45) is 0. The Morgan fingerprint density at radius 1 is 0.806 bits per heavy atom. The molecule has 0 amide bonds. The van der Waals surface area contributed by atoms with E-state index in [1.807, 2.05) is 66.5 Å². The third-order valence-corrected chi connectivity index (χ3v) is 9.18. The number of hydrogen-bond acceptors (Lipinski definition) is 3. The predicted molar refractivity (Wildman–Crippen MR) is 142 cm³/mol. The summed E-state index contributed by atoms with van der Waals surface area (Å²) >= 11 is 4.44. The molecule has 0 atom stereocenters. The summed E-state index contributed by atoms with van der Waals surface area (Å²) in [6, 6.07) is 38.1. The summed E-state index contributed by atoms with van der Waals surface area (Å²) < 4.78 is 10.8. The molecule has 0 unspecified atom stereocenters. The Morgan fingerprint density at radius 3 is 1.83 bits per heavy atom. The van der Waals surface area contributed by atoms with Gasteiger partial charge in [-0.1, -0.05) is 42.5 Å². The number of benzene rings is 4. The van der Waals surface area contributed by atoms with E-state index in [1.165, 1.54) is 0 Å². The Bertz CT molecular complexity index is 1110. The van der Waals surface area contributed by atoms with E-state index in [9.17, 15) is 5.11 Å². The Balaban J connectivity index is 0.00000109. The van der Waals surface area contributed by atoms with Crippen molar-refractivity contribution < 1.29 is 50.9 Å². The van der Waals surface area contributed by atoms with Gasteiger partial charge in [-0.25, -0.2) is 0 Å². The van der Waals surface area contributed by atoms with Gasteiger partial charge in [-0.15, -0.1) is 29.8 Å². The zero-order valence-electron chi connectivity index (χ0n) is 19.4. The number of hydrogen-bond donors (Lipinski definition) is 0. The van der Waals surface area contributed by atoms with Crippen LogP contribution in [0.25, 0.3) is 5.76 Å². The van der Waals surface area contributed by atoms with Crippen LogP contribution >= 0.6 is 26.3 Å². The van der Waals surface area contributed by atoms with Crippen molar-refractivity contribution in [2.75, 3.05) is 14.2 Å². The third kappa shape index (κ3) is 7.22. The molecular weight excluding hydrogens is 699 g/mol. The predicted octanol–water partition coefficient (Wildman–Crippen LogP) is 5.33. The van der Waals surface area contributed by atoms with Gasteiger partial charge in [-0.2, -0.15) is 24.0 Å². The molecule has 0 aliphatic heterocycles. The molecule has 0 fully saturated rings. The molecule has 4 aromatic carbocycles. The molecule has 4 aromatic rings. The first-order valence-corrected chi connectivity index (χ1v) is 16.3. The number of halogens is 2. The SMILES string of the molecule is COc1c[c-]c(/C([O-])=C/[P+](c2[c-]cccc2)(c2ccccc2)c2ccccc2)c(OC)c1.[Cl][Pd+].[Cl][Pd+]. The molecule has 0 saturated carbocycles. The van der Waals surface area contributed by atoms with Crippen molar-refractivity contribution in [1.29, 1.82) is 0 Å². The number of methoxy groups -OCH3 is 2. The van der Waals surface area contributed by atoms with Crippen LogP contribution in [-0.2, 0) is 36.4 Å². The van der Waals surface area contributed by atoms with Crippen LogP contribution in [0.4, 0.5) is 0 Å². The topological polar surface area (TPSA) is 41.5 Å². The van der Waals surface area contributed by atoms with Gasteiger partial charge in [0.1, 0.15) is 17.9 Å². The van der Waals surface area contributed by atoms with E-state index in [2.05, 4.69) is 91.8 Å². The second-order valence-electron chi connectivity index (χ2n) is 7.12. The van der Waals surface area contributed by atoms with E-state index >= 15 is 0 Å². The van der Waals surface area contributed by atoms with Gasteiger partial charge in [0.15, 0.2) is 0 Å². The zero-order valence-corrected chi connectivity index (χ0v) is 24.9. The minimum absolute atomic E-state index is 0.150. The van der Waals surface area contributed by atoms with Crippen LogP contribution in [0.1, 0.15) is 5.56 Å². The van der Waals surface area contributed by atoms with Crippen LogP contribution in [0.2, 0.25) is 0 Å². The maximum atomic E-state index is 13.8. The second kappa shape index (κ2) is 16.2. The van der Waals surface area contributed by atoms with Crippen molar-refractivity contribution in [2.45, 2.75) is 0 Å². The van der Waals surface area contributed by atoms with E-state index in [4.69, 9.17) is 9.47 Å². The van der Waals surface area contributed by atoms with Gasteiger partial charge in [0.05, 0.1) is 14.2 Å². The van der Waals surface area contributed by atoms with E-state index < -0.39 is 7.26 Å². The molecule has 3 nitrogen and oxygen atoms in total. The van der Waals surface area contributed by atoms with E-state index in [0.717, 1.165) is 15.9 Å². The molecule has 0 aliphatic carbocycles. The summed E-state index contributed by atoms with van der Waals surface area (Å²) in [5, 5.41) is 16.9. The first-order chi connectivity index (χ1) is 17.7. The average molecular weight is 722 g/mol. The molecule has 0 heterocycles. The van der Waals surface area contributed by atoms with Gasteiger partial charge in [-0.05, 0) is 29.6 Å². The molecule has 0 aromatic heterocycles. The fraction of sp³-hybridized carbons (Fsp3) is 0.0714. The van der Waals surface area contributed by atoms with Gasteiger partial charge < -0.3 is 14.6 Å². The van der Waals surface area contributed by atoms with Gasteiger partial charge in [-0.3, -0.25) is 0 Å². The van der Waals surface area contributed by atoms with E-state index in [0.29, 0.717) is 17.1 Å². The fourth-order valence-corrected chi connectivity index (χ4v) is 7.40. The molecule has 0 radical (unpaired) electrons. The Hall–Kier alpha value is -1.65. The molecule has 0 saturated heterocycles. The summed E-state index contributed by atoms with van der Waals surface area (Å²) in [6.45, 7) is 0. The van der Waals surface area contributed by atoms with Gasteiger partial charge in [0.2, 0.25) is 0 Å². The first-order valence-electron chi connectivity index (χ1n) is 10.4. The number of rotatable bonds is 7. The molecule has 0 bridgehead atoms. The molecule has 8 heteroatoms. The van der Waals surface area contributed by atoms with Gasteiger partial charge in [0.25, 0.3) is 0 Å². The van der Waals surface area contributed by atoms with Crippen molar-refractivity contribution in [3.63, 3.8) is 0 Å². The third-order valence-electron chi connectivity index (χ3n) is 5.29. The van der Waals surface area contributed by atoms with E-state index in [1.54, 1.807) is 26.4 Å². The van der Waals surface area contributed by atoms with Crippen LogP contribution in [0, 0.1) is 12.1 Å². The van der Waals surface area contributed by atoms with E-state index in [-0.39, 0.29) is 5.76 Å². The molecular formula is C28H23Cl2O3PPd2. The fourth-order valence-electron chi connectivity index (χ4n) is 3.74. The van der Waals surface area contributed by atoms with Crippen molar-refractivity contribution in [3.05, 3.63) is 121 Å². The summed E-state index contributed by atoms with van der Waals surface area (Å²) in [5.74, 6) is 2.72. The molecule has 192 valence electrons.